The Balaban J connectivity index is 2.13. The van der Waals surface area contributed by atoms with Crippen molar-refractivity contribution in [2.24, 2.45) is 0 Å². The minimum Gasteiger partial charge on any atom is -0.458 e. The van der Waals surface area contributed by atoms with Crippen LogP contribution in [0.15, 0.2) is 41.1 Å². The first kappa shape index (κ1) is 9.84. The zero-order valence-corrected chi connectivity index (χ0v) is 9.23. The van der Waals surface area contributed by atoms with Crippen LogP contribution in [0, 0.1) is 6.92 Å². The SMILES string of the molecule is Cc1ccc(C(=O)c2c[nH]c3ncccc23)o1. The van der Waals surface area contributed by atoms with Crippen molar-refractivity contribution >= 4 is 16.8 Å². The molecular weight excluding hydrogens is 216 g/mol. The van der Waals surface area contributed by atoms with Gasteiger partial charge in [0.15, 0.2) is 5.76 Å². The van der Waals surface area contributed by atoms with Crippen LogP contribution in [-0.4, -0.2) is 15.8 Å². The van der Waals surface area contributed by atoms with Crippen LogP contribution in [0.3, 0.4) is 0 Å². The lowest BCUT2D eigenvalue weighted by Crippen LogP contribution is -1.98. The third kappa shape index (κ3) is 1.54. The quantitative estimate of drug-likeness (QED) is 0.683. The number of aryl methyl sites for hydroxylation is 1. The van der Waals surface area contributed by atoms with Crippen LogP contribution >= 0.6 is 0 Å². The van der Waals surface area contributed by atoms with Crippen LogP contribution in [0.5, 0.6) is 0 Å². The van der Waals surface area contributed by atoms with Crippen molar-refractivity contribution in [2.75, 3.05) is 0 Å². The Bertz CT molecular complexity index is 694. The molecule has 3 heterocycles. The standard InChI is InChI=1S/C13H10N2O2/c1-8-4-5-11(17-8)12(16)10-7-15-13-9(10)3-2-6-14-13/h2-7H,1H3,(H,14,15). The molecule has 0 aromatic carbocycles. The smallest absolute Gasteiger partial charge is 0.230 e. The van der Waals surface area contributed by atoms with Gasteiger partial charge in [0.05, 0.1) is 5.56 Å². The zero-order valence-electron chi connectivity index (χ0n) is 9.23. The van der Waals surface area contributed by atoms with Gasteiger partial charge >= 0.3 is 0 Å². The molecule has 0 atom stereocenters. The van der Waals surface area contributed by atoms with Gasteiger partial charge in [-0.3, -0.25) is 4.79 Å². The molecule has 0 spiro atoms. The number of H-pyrrole nitrogens is 1. The number of furan rings is 1. The second-order valence-corrected chi connectivity index (χ2v) is 3.84. The fraction of sp³-hybridized carbons (Fsp3) is 0.0769. The molecular formula is C13H10N2O2. The topological polar surface area (TPSA) is 58.9 Å². The molecule has 17 heavy (non-hydrogen) atoms. The highest BCUT2D eigenvalue weighted by atomic mass is 16.3. The number of aromatic amines is 1. The molecule has 0 radical (unpaired) electrons. The van der Waals surface area contributed by atoms with Crippen LogP contribution in [0.4, 0.5) is 0 Å². The van der Waals surface area contributed by atoms with Gasteiger partial charge in [0, 0.05) is 17.8 Å². The van der Waals surface area contributed by atoms with E-state index >= 15 is 0 Å². The van der Waals surface area contributed by atoms with Gasteiger partial charge in [0.25, 0.3) is 0 Å². The number of pyridine rings is 1. The molecule has 0 aliphatic carbocycles. The van der Waals surface area contributed by atoms with E-state index in [9.17, 15) is 4.79 Å². The number of aromatic nitrogens is 2. The van der Waals surface area contributed by atoms with E-state index in [0.717, 1.165) is 11.1 Å². The van der Waals surface area contributed by atoms with Crippen LogP contribution < -0.4 is 0 Å². The highest BCUT2D eigenvalue weighted by molar-refractivity contribution is 6.14. The number of carbonyl (C=O) groups excluding carboxylic acids is 1. The summed E-state index contributed by atoms with van der Waals surface area (Å²) in [6, 6.07) is 7.13. The van der Waals surface area contributed by atoms with E-state index in [-0.39, 0.29) is 5.78 Å². The van der Waals surface area contributed by atoms with Crippen molar-refractivity contribution in [1.29, 1.82) is 0 Å². The monoisotopic (exact) mass is 226 g/mol. The molecule has 84 valence electrons. The number of rotatable bonds is 2. The second kappa shape index (κ2) is 3.59. The van der Waals surface area contributed by atoms with E-state index in [2.05, 4.69) is 9.97 Å². The maximum Gasteiger partial charge on any atom is 0.230 e. The van der Waals surface area contributed by atoms with Gasteiger partial charge in [0.2, 0.25) is 5.78 Å². The molecule has 0 unspecified atom stereocenters. The van der Waals surface area contributed by atoms with Gasteiger partial charge in [-0.2, -0.15) is 0 Å². The highest BCUT2D eigenvalue weighted by Gasteiger charge is 2.17. The van der Waals surface area contributed by atoms with Crippen molar-refractivity contribution in [3.05, 3.63) is 53.7 Å². The average Bonchev–Trinajstić information content (AvgIpc) is 2.94. The maximum atomic E-state index is 12.2. The summed E-state index contributed by atoms with van der Waals surface area (Å²) in [5, 5.41) is 0.812. The largest absolute Gasteiger partial charge is 0.458 e. The van der Waals surface area contributed by atoms with Crippen LogP contribution in [0.1, 0.15) is 21.9 Å². The highest BCUT2D eigenvalue weighted by Crippen LogP contribution is 2.20. The number of carbonyl (C=O) groups is 1. The zero-order chi connectivity index (χ0) is 11.8. The Morgan fingerprint density at radius 3 is 3.00 bits per heavy atom. The summed E-state index contributed by atoms with van der Waals surface area (Å²) in [7, 11) is 0. The lowest BCUT2D eigenvalue weighted by Gasteiger charge is -1.94. The van der Waals surface area contributed by atoms with Gasteiger partial charge in [0.1, 0.15) is 11.4 Å². The molecule has 0 saturated carbocycles. The Hall–Kier alpha value is -2.36. The molecule has 0 fully saturated rings. The fourth-order valence-electron chi connectivity index (χ4n) is 1.83. The molecule has 0 aliphatic heterocycles. The Kier molecular flexibility index (Phi) is 2.08. The van der Waals surface area contributed by atoms with E-state index < -0.39 is 0 Å². The van der Waals surface area contributed by atoms with Gasteiger partial charge in [-0.25, -0.2) is 4.98 Å². The van der Waals surface area contributed by atoms with Gasteiger partial charge in [-0.05, 0) is 31.2 Å². The maximum absolute atomic E-state index is 12.2. The van der Waals surface area contributed by atoms with E-state index in [1.54, 1.807) is 30.6 Å². The molecule has 3 aromatic heterocycles. The molecule has 0 bridgehead atoms. The molecule has 0 amide bonds. The van der Waals surface area contributed by atoms with Crippen molar-refractivity contribution in [2.45, 2.75) is 6.92 Å². The summed E-state index contributed by atoms with van der Waals surface area (Å²) in [6.07, 6.45) is 3.35. The third-order valence-electron chi connectivity index (χ3n) is 2.66. The summed E-state index contributed by atoms with van der Waals surface area (Å²) in [5.41, 5.74) is 1.29. The van der Waals surface area contributed by atoms with E-state index in [1.165, 1.54) is 0 Å². The van der Waals surface area contributed by atoms with E-state index in [0.29, 0.717) is 17.0 Å². The normalized spacial score (nSPS) is 10.9. The molecule has 4 heteroatoms. The van der Waals surface area contributed by atoms with Crippen molar-refractivity contribution in [1.82, 2.24) is 9.97 Å². The first-order valence-electron chi connectivity index (χ1n) is 5.29. The predicted molar refractivity (Wildman–Crippen MR) is 63.0 cm³/mol. The number of nitrogens with one attached hydrogen (secondary N) is 1. The molecule has 0 saturated heterocycles. The van der Waals surface area contributed by atoms with Crippen LogP contribution in [0.2, 0.25) is 0 Å². The van der Waals surface area contributed by atoms with Crippen molar-refractivity contribution in [3.8, 4) is 0 Å². The fourth-order valence-corrected chi connectivity index (χ4v) is 1.83. The first-order chi connectivity index (χ1) is 8.25. The summed E-state index contributed by atoms with van der Waals surface area (Å²) in [5.74, 6) is 0.955. The lowest BCUT2D eigenvalue weighted by molar-refractivity contribution is 0.101. The number of hydrogen-bond donors (Lipinski definition) is 1. The van der Waals surface area contributed by atoms with Crippen molar-refractivity contribution < 1.29 is 9.21 Å². The predicted octanol–water partition coefficient (Wildman–Crippen LogP) is 2.70. The Labute approximate surface area is 97.3 Å². The van der Waals surface area contributed by atoms with Gasteiger partial charge in [-0.15, -0.1) is 0 Å². The summed E-state index contributed by atoms with van der Waals surface area (Å²) < 4.78 is 5.33. The van der Waals surface area contributed by atoms with Crippen LogP contribution in [-0.2, 0) is 0 Å². The summed E-state index contributed by atoms with van der Waals surface area (Å²) >= 11 is 0. The van der Waals surface area contributed by atoms with Crippen molar-refractivity contribution in [3.63, 3.8) is 0 Å². The molecule has 3 aromatic rings. The van der Waals surface area contributed by atoms with E-state index in [1.807, 2.05) is 13.0 Å². The minimum atomic E-state index is -0.127. The molecule has 0 aliphatic rings. The number of nitrogens with zero attached hydrogens (tertiary/aromatic N) is 1. The molecule has 4 nitrogen and oxygen atoms in total. The summed E-state index contributed by atoms with van der Waals surface area (Å²) in [6.45, 7) is 1.81. The Morgan fingerprint density at radius 1 is 1.35 bits per heavy atom. The number of ketones is 1. The van der Waals surface area contributed by atoms with Gasteiger partial charge in [-0.1, -0.05) is 0 Å². The lowest BCUT2D eigenvalue weighted by atomic mass is 10.1. The second-order valence-electron chi connectivity index (χ2n) is 3.84. The molecule has 1 N–H and O–H groups in total. The summed E-state index contributed by atoms with van der Waals surface area (Å²) in [4.78, 5) is 19.3. The number of hydrogen-bond acceptors (Lipinski definition) is 3. The molecule has 3 rings (SSSR count). The first-order valence-corrected chi connectivity index (χ1v) is 5.29. The van der Waals surface area contributed by atoms with Crippen LogP contribution in [0.25, 0.3) is 11.0 Å². The van der Waals surface area contributed by atoms with Gasteiger partial charge < -0.3 is 9.40 Å². The minimum absolute atomic E-state index is 0.127. The Morgan fingerprint density at radius 2 is 2.24 bits per heavy atom. The van der Waals surface area contributed by atoms with E-state index in [4.69, 9.17) is 4.42 Å². The number of fused-ring (bicyclic) bond motifs is 1. The third-order valence-corrected chi connectivity index (χ3v) is 2.66. The average molecular weight is 226 g/mol.